The smallest absolute Gasteiger partial charge is 0.0518 e. The largest absolute Gasteiger partial charge is 0.379 e. The van der Waals surface area contributed by atoms with Crippen molar-refractivity contribution in [2.45, 2.75) is 32.1 Å². The molecule has 1 aromatic rings. The first-order valence-corrected chi connectivity index (χ1v) is 8.37. The average Bonchev–Trinajstić information content (AvgIpc) is 2.38. The second kappa shape index (κ2) is 10.6. The molecule has 0 aliphatic carbocycles. The third-order valence-corrected chi connectivity index (χ3v) is 3.96. The Morgan fingerprint density at radius 3 is 2.79 bits per heavy atom. The van der Waals surface area contributed by atoms with Gasteiger partial charge >= 0.3 is 0 Å². The molecular weight excluding hydrogens is 278 g/mol. The predicted octanol–water partition coefficient (Wildman–Crippen LogP) is 3.98. The molecule has 0 unspecified atom stereocenters. The van der Waals surface area contributed by atoms with Gasteiger partial charge in [0.25, 0.3) is 0 Å². The molecule has 0 fully saturated rings. The van der Waals surface area contributed by atoms with E-state index in [2.05, 4.69) is 25.2 Å². The maximum absolute atomic E-state index is 6.10. The van der Waals surface area contributed by atoms with E-state index in [1.54, 1.807) is 0 Å². The van der Waals surface area contributed by atoms with Gasteiger partial charge < -0.3 is 10.1 Å². The third kappa shape index (κ3) is 8.53. The quantitative estimate of drug-likeness (QED) is 0.661. The van der Waals surface area contributed by atoms with Gasteiger partial charge in [0.15, 0.2) is 0 Å². The zero-order valence-corrected chi connectivity index (χ0v) is 13.4. The Bertz CT molecular complexity index is 347. The Morgan fingerprint density at radius 2 is 2.05 bits per heavy atom. The first-order chi connectivity index (χ1) is 9.20. The molecule has 1 N–H and O–H groups in total. The topological polar surface area (TPSA) is 21.3 Å². The lowest BCUT2D eigenvalue weighted by atomic mass is 10.2. The standard InChI is InChI=1S/C15H24ClNOS/c1-13(2)18-10-5-8-17-9-11-19-12-14-6-3-4-7-15(14)16/h3-4,6-7,13,17H,5,8-12H2,1-2H3. The van der Waals surface area contributed by atoms with Crippen LogP contribution in [-0.2, 0) is 10.5 Å². The van der Waals surface area contributed by atoms with E-state index in [0.29, 0.717) is 6.10 Å². The molecule has 0 heterocycles. The van der Waals surface area contributed by atoms with E-state index >= 15 is 0 Å². The van der Waals surface area contributed by atoms with Gasteiger partial charge in [-0.3, -0.25) is 0 Å². The highest BCUT2D eigenvalue weighted by atomic mass is 35.5. The molecule has 1 rings (SSSR count). The molecule has 0 aliphatic rings. The van der Waals surface area contributed by atoms with Gasteiger partial charge in [0.1, 0.15) is 0 Å². The number of ether oxygens (including phenoxy) is 1. The van der Waals surface area contributed by atoms with Crippen LogP contribution < -0.4 is 5.32 Å². The molecule has 0 spiro atoms. The van der Waals surface area contributed by atoms with E-state index in [0.717, 1.165) is 42.6 Å². The maximum atomic E-state index is 6.10. The molecule has 0 amide bonds. The van der Waals surface area contributed by atoms with Crippen LogP contribution in [0.2, 0.25) is 5.02 Å². The normalized spacial score (nSPS) is 11.2. The molecule has 0 atom stereocenters. The van der Waals surface area contributed by atoms with Gasteiger partial charge in [-0.15, -0.1) is 0 Å². The molecule has 19 heavy (non-hydrogen) atoms. The number of thioether (sulfide) groups is 1. The van der Waals surface area contributed by atoms with Crippen molar-refractivity contribution < 1.29 is 4.74 Å². The summed E-state index contributed by atoms with van der Waals surface area (Å²) in [5.41, 5.74) is 1.22. The molecule has 0 radical (unpaired) electrons. The number of halogens is 1. The highest BCUT2D eigenvalue weighted by molar-refractivity contribution is 7.98. The highest BCUT2D eigenvalue weighted by Crippen LogP contribution is 2.20. The SMILES string of the molecule is CC(C)OCCCNCCSCc1ccccc1Cl. The van der Waals surface area contributed by atoms with Crippen molar-refractivity contribution in [2.24, 2.45) is 0 Å². The molecule has 0 aromatic heterocycles. The Kier molecular flexibility index (Phi) is 9.35. The summed E-state index contributed by atoms with van der Waals surface area (Å²) in [5, 5.41) is 4.30. The van der Waals surface area contributed by atoms with E-state index in [1.807, 2.05) is 30.0 Å². The van der Waals surface area contributed by atoms with Crippen LogP contribution in [0.3, 0.4) is 0 Å². The van der Waals surface area contributed by atoms with E-state index < -0.39 is 0 Å². The number of benzene rings is 1. The van der Waals surface area contributed by atoms with Crippen molar-refractivity contribution in [2.75, 3.05) is 25.4 Å². The zero-order valence-electron chi connectivity index (χ0n) is 11.8. The molecule has 2 nitrogen and oxygen atoms in total. The van der Waals surface area contributed by atoms with Crippen molar-refractivity contribution in [3.05, 3.63) is 34.9 Å². The van der Waals surface area contributed by atoms with Gasteiger partial charge in [0.05, 0.1) is 6.10 Å². The second-order valence-corrected chi connectivity index (χ2v) is 6.18. The summed E-state index contributed by atoms with van der Waals surface area (Å²) in [6, 6.07) is 8.04. The van der Waals surface area contributed by atoms with Crippen LogP contribution in [0.1, 0.15) is 25.8 Å². The Balaban J connectivity index is 1.93. The minimum absolute atomic E-state index is 0.339. The first-order valence-electron chi connectivity index (χ1n) is 6.83. The van der Waals surface area contributed by atoms with Gasteiger partial charge in [-0.1, -0.05) is 29.8 Å². The van der Waals surface area contributed by atoms with Crippen molar-refractivity contribution in [3.63, 3.8) is 0 Å². The van der Waals surface area contributed by atoms with Crippen LogP contribution in [-0.4, -0.2) is 31.6 Å². The molecule has 0 saturated heterocycles. The van der Waals surface area contributed by atoms with Gasteiger partial charge in [0.2, 0.25) is 0 Å². The van der Waals surface area contributed by atoms with E-state index in [9.17, 15) is 0 Å². The first kappa shape index (κ1) is 16.8. The summed E-state index contributed by atoms with van der Waals surface area (Å²) >= 11 is 8.02. The summed E-state index contributed by atoms with van der Waals surface area (Å²) in [7, 11) is 0. The zero-order chi connectivity index (χ0) is 13.9. The fourth-order valence-corrected chi connectivity index (χ4v) is 2.77. The van der Waals surface area contributed by atoms with Gasteiger partial charge in [-0.05, 0) is 38.4 Å². The number of rotatable bonds is 10. The highest BCUT2D eigenvalue weighted by Gasteiger charge is 1.98. The fourth-order valence-electron chi connectivity index (χ4n) is 1.58. The number of hydrogen-bond donors (Lipinski definition) is 1. The van der Waals surface area contributed by atoms with Crippen LogP contribution in [0.4, 0.5) is 0 Å². The number of hydrogen-bond acceptors (Lipinski definition) is 3. The summed E-state index contributed by atoms with van der Waals surface area (Å²) in [6.07, 6.45) is 1.42. The Hall–Kier alpha value is -0.220. The van der Waals surface area contributed by atoms with E-state index in [-0.39, 0.29) is 0 Å². The molecule has 108 valence electrons. The molecule has 0 bridgehead atoms. The molecule has 0 saturated carbocycles. The summed E-state index contributed by atoms with van der Waals surface area (Å²) in [5.74, 6) is 2.09. The predicted molar refractivity (Wildman–Crippen MR) is 86.2 cm³/mol. The Labute approximate surface area is 126 Å². The lowest BCUT2D eigenvalue weighted by molar-refractivity contribution is 0.0772. The van der Waals surface area contributed by atoms with Crippen LogP contribution in [0.15, 0.2) is 24.3 Å². The lowest BCUT2D eigenvalue weighted by Crippen LogP contribution is -2.20. The van der Waals surface area contributed by atoms with Crippen LogP contribution in [0.5, 0.6) is 0 Å². The van der Waals surface area contributed by atoms with Crippen molar-refractivity contribution in [1.82, 2.24) is 5.32 Å². The average molecular weight is 302 g/mol. The van der Waals surface area contributed by atoms with Gasteiger partial charge in [0, 0.05) is 29.7 Å². The maximum Gasteiger partial charge on any atom is 0.0518 e. The number of nitrogens with one attached hydrogen (secondary N) is 1. The summed E-state index contributed by atoms with van der Waals surface area (Å²) in [6.45, 7) is 7.05. The van der Waals surface area contributed by atoms with Crippen molar-refractivity contribution >= 4 is 23.4 Å². The van der Waals surface area contributed by atoms with Crippen LogP contribution in [0, 0.1) is 0 Å². The fraction of sp³-hybridized carbons (Fsp3) is 0.600. The summed E-state index contributed by atoms with van der Waals surface area (Å²) < 4.78 is 5.48. The molecule has 1 aromatic carbocycles. The minimum atomic E-state index is 0.339. The third-order valence-electron chi connectivity index (χ3n) is 2.59. The monoisotopic (exact) mass is 301 g/mol. The van der Waals surface area contributed by atoms with Gasteiger partial charge in [-0.2, -0.15) is 11.8 Å². The van der Waals surface area contributed by atoms with Crippen LogP contribution in [0.25, 0.3) is 0 Å². The molecular formula is C15H24ClNOS. The van der Waals surface area contributed by atoms with Crippen molar-refractivity contribution in [1.29, 1.82) is 0 Å². The van der Waals surface area contributed by atoms with E-state index in [1.165, 1.54) is 5.56 Å². The van der Waals surface area contributed by atoms with E-state index in [4.69, 9.17) is 16.3 Å². The van der Waals surface area contributed by atoms with Gasteiger partial charge in [-0.25, -0.2) is 0 Å². The van der Waals surface area contributed by atoms with Crippen molar-refractivity contribution in [3.8, 4) is 0 Å². The molecule has 4 heteroatoms. The summed E-state index contributed by atoms with van der Waals surface area (Å²) in [4.78, 5) is 0. The second-order valence-electron chi connectivity index (χ2n) is 4.67. The minimum Gasteiger partial charge on any atom is -0.379 e. The van der Waals surface area contributed by atoms with Crippen LogP contribution >= 0.6 is 23.4 Å². The molecule has 0 aliphatic heterocycles. The lowest BCUT2D eigenvalue weighted by Gasteiger charge is -2.08. The Morgan fingerprint density at radius 1 is 1.26 bits per heavy atom.